The molecule has 2 amide bonds. The van der Waals surface area contributed by atoms with E-state index in [0.29, 0.717) is 31.9 Å². The quantitative estimate of drug-likeness (QED) is 0.594. The Balaban J connectivity index is 1.34. The van der Waals surface area contributed by atoms with E-state index in [1.807, 2.05) is 39.8 Å². The van der Waals surface area contributed by atoms with Crippen molar-refractivity contribution in [3.8, 4) is 5.75 Å². The minimum Gasteiger partial charge on any atom is -0.497 e. The average Bonchev–Trinajstić information content (AvgIpc) is 2.85. The second kappa shape index (κ2) is 9.21. The van der Waals surface area contributed by atoms with Gasteiger partial charge >= 0.3 is 6.03 Å². The highest BCUT2D eigenvalue weighted by molar-refractivity contribution is 5.89. The lowest BCUT2D eigenvalue weighted by atomic mass is 9.82. The lowest BCUT2D eigenvalue weighted by molar-refractivity contribution is 0.140. The Morgan fingerprint density at radius 3 is 2.53 bits per heavy atom. The zero-order chi connectivity index (χ0) is 23.7. The molecule has 0 saturated carbocycles. The highest BCUT2D eigenvalue weighted by Gasteiger charge is 2.37. The van der Waals surface area contributed by atoms with Gasteiger partial charge < -0.3 is 24.8 Å². The fourth-order valence-corrected chi connectivity index (χ4v) is 5.01. The number of piperidine rings is 1. The second-order valence-electron chi connectivity index (χ2n) is 8.92. The zero-order valence-electron chi connectivity index (χ0n) is 19.0. The summed E-state index contributed by atoms with van der Waals surface area (Å²) in [5.74, 6) is 0.735. The van der Waals surface area contributed by atoms with Crippen molar-refractivity contribution in [2.75, 3.05) is 30.8 Å². The van der Waals surface area contributed by atoms with Crippen molar-refractivity contribution in [2.24, 2.45) is 5.92 Å². The first-order chi connectivity index (χ1) is 16.5. The summed E-state index contributed by atoms with van der Waals surface area (Å²) in [4.78, 5) is 27.5. The van der Waals surface area contributed by atoms with Crippen molar-refractivity contribution < 1.29 is 13.9 Å². The summed E-state index contributed by atoms with van der Waals surface area (Å²) >= 11 is 0. The van der Waals surface area contributed by atoms with Crippen LogP contribution < -0.4 is 20.9 Å². The van der Waals surface area contributed by atoms with E-state index >= 15 is 0 Å². The number of hydrogen-bond donors (Lipinski definition) is 2. The molecule has 0 radical (unpaired) electrons. The Bertz CT molecular complexity index is 1240. The largest absolute Gasteiger partial charge is 0.497 e. The first kappa shape index (κ1) is 22.0. The predicted octanol–water partition coefficient (Wildman–Crippen LogP) is 4.26. The van der Waals surface area contributed by atoms with Crippen molar-refractivity contribution in [1.82, 2.24) is 9.47 Å². The molecule has 34 heavy (non-hydrogen) atoms. The van der Waals surface area contributed by atoms with E-state index in [1.54, 1.807) is 25.3 Å². The minimum absolute atomic E-state index is 0.0202. The standard InChI is InChI=1S/C26H27FN4O3/c1-34-22-8-6-21(7-9-22)29-26(33)30-14-18-12-19(16-30)25-23(10-11-24(32)31(25)15-18)28-13-17-2-4-20(27)5-3-17/h2-11,18-19,28H,12-16H2,1H3,(H,29,33)/t18-,19+/m0/s1. The minimum atomic E-state index is -0.270. The molecule has 8 heteroatoms. The lowest BCUT2D eigenvalue weighted by Crippen LogP contribution is -2.50. The molecule has 2 N–H and O–H groups in total. The number of amides is 2. The number of urea groups is 1. The predicted molar refractivity (Wildman–Crippen MR) is 129 cm³/mol. The number of ether oxygens (including phenoxy) is 1. The second-order valence-corrected chi connectivity index (χ2v) is 8.92. The summed E-state index contributed by atoms with van der Waals surface area (Å²) < 4.78 is 20.3. The molecule has 1 aromatic heterocycles. The number of nitrogens with zero attached hydrogens (tertiary/aromatic N) is 2. The number of hydrogen-bond acceptors (Lipinski definition) is 4. The van der Waals surface area contributed by atoms with Gasteiger partial charge in [0.2, 0.25) is 0 Å². The molecule has 0 unspecified atom stereocenters. The number of carbonyl (C=O) groups excluding carboxylic acids is 1. The fraction of sp³-hybridized carbons (Fsp3) is 0.308. The number of carbonyl (C=O) groups is 1. The van der Waals surface area contributed by atoms with Gasteiger partial charge in [-0.05, 0) is 60.4 Å². The molecule has 5 rings (SSSR count). The Morgan fingerprint density at radius 1 is 1.03 bits per heavy atom. The maximum Gasteiger partial charge on any atom is 0.321 e. The smallest absolute Gasteiger partial charge is 0.321 e. The molecule has 3 aromatic rings. The van der Waals surface area contributed by atoms with E-state index in [9.17, 15) is 14.0 Å². The Hall–Kier alpha value is -3.81. The number of pyridine rings is 1. The van der Waals surface area contributed by atoms with Gasteiger partial charge in [0, 0.05) is 49.5 Å². The average molecular weight is 463 g/mol. The number of halogens is 1. The van der Waals surface area contributed by atoms with Gasteiger partial charge in [-0.3, -0.25) is 4.79 Å². The van der Waals surface area contributed by atoms with Gasteiger partial charge in [0.15, 0.2) is 0 Å². The van der Waals surface area contributed by atoms with Gasteiger partial charge in [0.1, 0.15) is 11.6 Å². The third-order valence-corrected chi connectivity index (χ3v) is 6.61. The number of nitrogens with one attached hydrogen (secondary N) is 2. The van der Waals surface area contributed by atoms with Gasteiger partial charge in [-0.15, -0.1) is 0 Å². The number of fused-ring (bicyclic) bond motifs is 4. The molecule has 2 aliphatic heterocycles. The Kier molecular flexibility index (Phi) is 5.96. The number of rotatable bonds is 5. The van der Waals surface area contributed by atoms with Crippen molar-refractivity contribution >= 4 is 17.4 Å². The molecule has 2 aliphatic rings. The molecular weight excluding hydrogens is 435 g/mol. The number of methoxy groups -OCH3 is 1. The van der Waals surface area contributed by atoms with Crippen LogP contribution in [-0.2, 0) is 13.1 Å². The van der Waals surface area contributed by atoms with Gasteiger partial charge in [-0.25, -0.2) is 9.18 Å². The van der Waals surface area contributed by atoms with Crippen LogP contribution in [0.15, 0.2) is 65.5 Å². The van der Waals surface area contributed by atoms with Crippen molar-refractivity contribution in [1.29, 1.82) is 0 Å². The normalized spacial score (nSPS) is 18.7. The number of benzene rings is 2. The molecule has 2 atom stereocenters. The molecule has 1 fully saturated rings. The fourth-order valence-electron chi connectivity index (χ4n) is 5.01. The molecule has 3 heterocycles. The monoisotopic (exact) mass is 462 g/mol. The number of anilines is 2. The van der Waals surface area contributed by atoms with Gasteiger partial charge in [-0.2, -0.15) is 0 Å². The molecule has 0 aliphatic carbocycles. The van der Waals surface area contributed by atoms with Crippen LogP contribution in [-0.4, -0.2) is 35.7 Å². The summed E-state index contributed by atoms with van der Waals surface area (Å²) in [5.41, 5.74) is 3.45. The van der Waals surface area contributed by atoms with E-state index in [-0.39, 0.29) is 29.2 Å². The van der Waals surface area contributed by atoms with Crippen LogP contribution in [0.3, 0.4) is 0 Å². The maximum atomic E-state index is 13.2. The van der Waals surface area contributed by atoms with Gasteiger partial charge in [0.05, 0.1) is 12.8 Å². The van der Waals surface area contributed by atoms with E-state index in [0.717, 1.165) is 29.1 Å². The van der Waals surface area contributed by atoms with Crippen LogP contribution in [0.4, 0.5) is 20.6 Å². The first-order valence-corrected chi connectivity index (χ1v) is 11.4. The van der Waals surface area contributed by atoms with E-state index < -0.39 is 0 Å². The van der Waals surface area contributed by atoms with Crippen LogP contribution >= 0.6 is 0 Å². The van der Waals surface area contributed by atoms with Crippen LogP contribution in [0.25, 0.3) is 0 Å². The van der Waals surface area contributed by atoms with Crippen LogP contribution in [0, 0.1) is 11.7 Å². The highest BCUT2D eigenvalue weighted by Crippen LogP contribution is 2.38. The zero-order valence-corrected chi connectivity index (χ0v) is 19.0. The van der Waals surface area contributed by atoms with Crippen molar-refractivity contribution in [3.05, 3.63) is 88.1 Å². The molecule has 176 valence electrons. The first-order valence-electron chi connectivity index (χ1n) is 11.4. The van der Waals surface area contributed by atoms with Crippen LogP contribution in [0.2, 0.25) is 0 Å². The molecule has 2 aromatic carbocycles. The Labute approximate surface area is 197 Å². The number of aromatic nitrogens is 1. The van der Waals surface area contributed by atoms with E-state index in [2.05, 4.69) is 10.6 Å². The third kappa shape index (κ3) is 4.48. The van der Waals surface area contributed by atoms with Crippen molar-refractivity contribution in [3.63, 3.8) is 0 Å². The van der Waals surface area contributed by atoms with E-state index in [4.69, 9.17) is 4.74 Å². The van der Waals surface area contributed by atoms with Crippen LogP contribution in [0.5, 0.6) is 5.75 Å². The van der Waals surface area contributed by atoms with Crippen LogP contribution in [0.1, 0.15) is 23.6 Å². The van der Waals surface area contributed by atoms with E-state index in [1.165, 1.54) is 12.1 Å². The maximum absolute atomic E-state index is 13.2. The molecule has 7 nitrogen and oxygen atoms in total. The van der Waals surface area contributed by atoms with Gasteiger partial charge in [0.25, 0.3) is 5.56 Å². The molecule has 1 saturated heterocycles. The summed E-state index contributed by atoms with van der Waals surface area (Å²) in [6.07, 6.45) is 0.932. The summed E-state index contributed by atoms with van der Waals surface area (Å²) in [5, 5.41) is 6.39. The molecule has 0 spiro atoms. The summed E-state index contributed by atoms with van der Waals surface area (Å²) in [6.45, 7) is 2.25. The third-order valence-electron chi connectivity index (χ3n) is 6.61. The van der Waals surface area contributed by atoms with Gasteiger partial charge in [-0.1, -0.05) is 12.1 Å². The van der Waals surface area contributed by atoms with Crippen molar-refractivity contribution in [2.45, 2.75) is 25.4 Å². The Morgan fingerprint density at radius 2 is 1.79 bits per heavy atom. The number of likely N-dealkylation sites (tertiary alicyclic amines) is 1. The summed E-state index contributed by atoms with van der Waals surface area (Å²) in [7, 11) is 1.60. The molecule has 2 bridgehead atoms. The summed E-state index contributed by atoms with van der Waals surface area (Å²) in [6, 6.07) is 16.9. The SMILES string of the molecule is COc1ccc(NC(=O)N2C[C@@H]3C[C@H](C2)c2c(NCc4ccc(F)cc4)ccc(=O)n2C3)cc1. The topological polar surface area (TPSA) is 75.6 Å². The molecular formula is C26H27FN4O3. The highest BCUT2D eigenvalue weighted by atomic mass is 19.1. The lowest BCUT2D eigenvalue weighted by Gasteiger charge is -2.43.